The molecule has 1 aromatic heterocycles. The van der Waals surface area contributed by atoms with Crippen molar-refractivity contribution in [1.82, 2.24) is 14.7 Å². The first-order valence-corrected chi connectivity index (χ1v) is 7.27. The second-order valence-corrected chi connectivity index (χ2v) is 5.83. The summed E-state index contributed by atoms with van der Waals surface area (Å²) in [6, 6.07) is 0.289. The number of hydrogen-bond acceptors (Lipinski definition) is 4. The minimum absolute atomic E-state index is 0.0145. The van der Waals surface area contributed by atoms with Gasteiger partial charge in [0.25, 0.3) is 0 Å². The van der Waals surface area contributed by atoms with Gasteiger partial charge in [-0.3, -0.25) is 14.4 Å². The number of nitrogens with two attached hydrogens (primary N) is 2. The van der Waals surface area contributed by atoms with E-state index in [4.69, 9.17) is 11.5 Å². The number of primary amides is 1. The van der Waals surface area contributed by atoms with Crippen molar-refractivity contribution in [3.8, 4) is 0 Å². The zero-order chi connectivity index (χ0) is 14.7. The molecule has 2 rings (SSSR count). The number of amides is 1. The van der Waals surface area contributed by atoms with Crippen LogP contribution in [0.1, 0.15) is 44.2 Å². The zero-order valence-corrected chi connectivity index (χ0v) is 12.3. The molecule has 1 saturated carbocycles. The van der Waals surface area contributed by atoms with E-state index in [1.54, 1.807) is 4.68 Å². The van der Waals surface area contributed by atoms with Crippen LogP contribution in [0.25, 0.3) is 0 Å². The predicted octanol–water partition coefficient (Wildman–Crippen LogP) is 0.538. The van der Waals surface area contributed by atoms with Gasteiger partial charge in [0.2, 0.25) is 5.91 Å². The van der Waals surface area contributed by atoms with Crippen molar-refractivity contribution < 1.29 is 4.79 Å². The van der Waals surface area contributed by atoms with Gasteiger partial charge in [-0.25, -0.2) is 0 Å². The molecule has 1 aliphatic carbocycles. The summed E-state index contributed by atoms with van der Waals surface area (Å²) in [6.07, 6.45) is 8.43. The Labute approximate surface area is 120 Å². The molecule has 0 spiro atoms. The van der Waals surface area contributed by atoms with Gasteiger partial charge >= 0.3 is 0 Å². The van der Waals surface area contributed by atoms with Gasteiger partial charge in [-0.15, -0.1) is 0 Å². The molecule has 0 aliphatic heterocycles. The van der Waals surface area contributed by atoms with Crippen molar-refractivity contribution in [1.29, 1.82) is 0 Å². The number of carbonyl (C=O) groups excluding carboxylic acids is 1. The van der Waals surface area contributed by atoms with Crippen LogP contribution in [-0.2, 0) is 11.8 Å². The van der Waals surface area contributed by atoms with Crippen molar-refractivity contribution >= 4 is 5.91 Å². The Morgan fingerprint density at radius 1 is 1.55 bits per heavy atom. The lowest BCUT2D eigenvalue weighted by molar-refractivity contribution is -0.120. The maximum absolute atomic E-state index is 11.4. The van der Waals surface area contributed by atoms with Crippen LogP contribution >= 0.6 is 0 Å². The molecule has 4 N–H and O–H groups in total. The fraction of sp³-hybridized carbons (Fsp3) is 0.714. The fourth-order valence-corrected chi connectivity index (χ4v) is 3.26. The van der Waals surface area contributed by atoms with Crippen molar-refractivity contribution in [2.45, 2.75) is 50.7 Å². The summed E-state index contributed by atoms with van der Waals surface area (Å²) in [6.45, 7) is 2.23. The molecule has 6 nitrogen and oxygen atoms in total. The summed E-state index contributed by atoms with van der Waals surface area (Å²) in [7, 11) is 1.88. The smallest absolute Gasteiger partial charge is 0.231 e. The molecular weight excluding hydrogens is 254 g/mol. The van der Waals surface area contributed by atoms with Gasteiger partial charge in [0.1, 0.15) is 0 Å². The summed E-state index contributed by atoms with van der Waals surface area (Å²) >= 11 is 0. The van der Waals surface area contributed by atoms with Crippen molar-refractivity contribution in [2.24, 2.45) is 18.5 Å². The van der Waals surface area contributed by atoms with Crippen LogP contribution in [0.2, 0.25) is 0 Å². The monoisotopic (exact) mass is 279 g/mol. The molecule has 112 valence electrons. The molecule has 1 aliphatic rings. The number of aryl methyl sites for hydroxylation is 1. The second-order valence-electron chi connectivity index (χ2n) is 5.83. The van der Waals surface area contributed by atoms with Crippen molar-refractivity contribution in [2.75, 3.05) is 6.54 Å². The Balaban J connectivity index is 2.28. The largest absolute Gasteiger partial charge is 0.369 e. The Hall–Kier alpha value is -1.40. The van der Waals surface area contributed by atoms with Crippen LogP contribution in [-0.4, -0.2) is 39.2 Å². The number of rotatable bonds is 6. The van der Waals surface area contributed by atoms with Gasteiger partial charge in [-0.1, -0.05) is 12.8 Å². The molecule has 0 bridgehead atoms. The third-order valence-corrected chi connectivity index (χ3v) is 4.05. The van der Waals surface area contributed by atoms with E-state index in [1.165, 1.54) is 12.8 Å². The van der Waals surface area contributed by atoms with Crippen LogP contribution in [0.4, 0.5) is 0 Å². The third-order valence-electron chi connectivity index (χ3n) is 4.05. The van der Waals surface area contributed by atoms with E-state index in [1.807, 2.05) is 26.4 Å². The summed E-state index contributed by atoms with van der Waals surface area (Å²) in [5, 5.41) is 4.23. The summed E-state index contributed by atoms with van der Waals surface area (Å²) in [4.78, 5) is 13.6. The second kappa shape index (κ2) is 6.37. The predicted molar refractivity (Wildman–Crippen MR) is 77.8 cm³/mol. The molecule has 2 unspecified atom stereocenters. The minimum Gasteiger partial charge on any atom is -0.369 e. The molecule has 1 aromatic rings. The van der Waals surface area contributed by atoms with Gasteiger partial charge in [0, 0.05) is 30.9 Å². The maximum atomic E-state index is 11.4. The van der Waals surface area contributed by atoms with Gasteiger partial charge in [-0.2, -0.15) is 5.10 Å². The Morgan fingerprint density at radius 2 is 2.20 bits per heavy atom. The molecule has 0 saturated heterocycles. The quantitative estimate of drug-likeness (QED) is 0.795. The lowest BCUT2D eigenvalue weighted by Gasteiger charge is -2.37. The van der Waals surface area contributed by atoms with Crippen LogP contribution in [0.3, 0.4) is 0 Å². The standard InChI is InChI=1S/C14H25N5O/c1-10(15)14(11-7-17-18(2)8-11)19(9-13(16)20)12-5-3-4-6-12/h7-8,10,12,14H,3-6,9,15H2,1-2H3,(H2,16,20). The third kappa shape index (κ3) is 3.37. The molecule has 1 fully saturated rings. The lowest BCUT2D eigenvalue weighted by Crippen LogP contribution is -2.47. The van der Waals surface area contributed by atoms with Crippen molar-refractivity contribution in [3.05, 3.63) is 18.0 Å². The first kappa shape index (κ1) is 15.0. The number of nitrogens with zero attached hydrogens (tertiary/aromatic N) is 3. The topological polar surface area (TPSA) is 90.2 Å². The van der Waals surface area contributed by atoms with E-state index in [2.05, 4.69) is 10.00 Å². The average Bonchev–Trinajstić information content (AvgIpc) is 2.98. The summed E-state index contributed by atoms with van der Waals surface area (Å²) in [5.41, 5.74) is 12.7. The Kier molecular flexibility index (Phi) is 4.77. The van der Waals surface area contributed by atoms with Gasteiger partial charge in [-0.05, 0) is 19.8 Å². The summed E-state index contributed by atoms with van der Waals surface area (Å²) < 4.78 is 1.77. The number of hydrogen-bond donors (Lipinski definition) is 2. The van der Waals surface area contributed by atoms with E-state index >= 15 is 0 Å². The Morgan fingerprint density at radius 3 is 2.65 bits per heavy atom. The van der Waals surface area contributed by atoms with Crippen LogP contribution in [0.5, 0.6) is 0 Å². The Bertz CT molecular complexity index is 450. The van der Waals surface area contributed by atoms with E-state index in [9.17, 15) is 4.79 Å². The average molecular weight is 279 g/mol. The molecule has 0 radical (unpaired) electrons. The van der Waals surface area contributed by atoms with Crippen molar-refractivity contribution in [3.63, 3.8) is 0 Å². The molecule has 0 aromatic carbocycles. The zero-order valence-electron chi connectivity index (χ0n) is 12.3. The molecule has 20 heavy (non-hydrogen) atoms. The SMILES string of the molecule is CC(N)C(c1cnn(C)c1)N(CC(N)=O)C1CCCC1. The highest BCUT2D eigenvalue weighted by atomic mass is 16.1. The van der Waals surface area contributed by atoms with Gasteiger partial charge in [0.15, 0.2) is 0 Å². The molecule has 1 heterocycles. The van der Waals surface area contributed by atoms with E-state index in [0.717, 1.165) is 18.4 Å². The normalized spacial score (nSPS) is 19.4. The highest BCUT2D eigenvalue weighted by molar-refractivity contribution is 5.76. The molecule has 1 amide bonds. The molecule has 2 atom stereocenters. The van der Waals surface area contributed by atoms with Gasteiger partial charge < -0.3 is 11.5 Å². The van der Waals surface area contributed by atoms with E-state index in [-0.39, 0.29) is 24.5 Å². The summed E-state index contributed by atoms with van der Waals surface area (Å²) in [5.74, 6) is -0.300. The number of aromatic nitrogens is 2. The maximum Gasteiger partial charge on any atom is 0.231 e. The fourth-order valence-electron chi connectivity index (χ4n) is 3.26. The lowest BCUT2D eigenvalue weighted by atomic mass is 9.99. The highest BCUT2D eigenvalue weighted by Crippen LogP contribution is 2.32. The first-order chi connectivity index (χ1) is 9.49. The first-order valence-electron chi connectivity index (χ1n) is 7.27. The molecule has 6 heteroatoms. The highest BCUT2D eigenvalue weighted by Gasteiger charge is 2.33. The van der Waals surface area contributed by atoms with Crippen LogP contribution in [0, 0.1) is 0 Å². The molecular formula is C14H25N5O. The van der Waals surface area contributed by atoms with Crippen LogP contribution < -0.4 is 11.5 Å². The minimum atomic E-state index is -0.300. The van der Waals surface area contributed by atoms with Crippen LogP contribution in [0.15, 0.2) is 12.4 Å². The van der Waals surface area contributed by atoms with Gasteiger partial charge in [0.05, 0.1) is 18.8 Å². The van der Waals surface area contributed by atoms with E-state index in [0.29, 0.717) is 6.04 Å². The number of carbonyl (C=O) groups is 1. The van der Waals surface area contributed by atoms with E-state index < -0.39 is 0 Å².